The van der Waals surface area contributed by atoms with E-state index < -0.39 is 17.2 Å². The summed E-state index contributed by atoms with van der Waals surface area (Å²) in [5.74, 6) is -0.646. The second-order valence-electron chi connectivity index (χ2n) is 8.30. The zero-order chi connectivity index (χ0) is 21.5. The zero-order valence-electron chi connectivity index (χ0n) is 17.7. The first-order chi connectivity index (χ1) is 14.5. The monoisotopic (exact) mass is 410 g/mol. The highest BCUT2D eigenvalue weighted by atomic mass is 16.2. The molecule has 0 atom stereocenters. The fourth-order valence-electron chi connectivity index (χ4n) is 3.68. The summed E-state index contributed by atoms with van der Waals surface area (Å²) >= 11 is 0. The topological polar surface area (TPSA) is 93.1 Å². The molecule has 2 heterocycles. The van der Waals surface area contributed by atoms with E-state index in [-0.39, 0.29) is 29.6 Å². The van der Waals surface area contributed by atoms with Crippen molar-refractivity contribution in [2.45, 2.75) is 58.5 Å². The summed E-state index contributed by atoms with van der Waals surface area (Å²) in [6, 6.07) is 3.83. The summed E-state index contributed by atoms with van der Waals surface area (Å²) in [5.41, 5.74) is 0.327. The average Bonchev–Trinajstić information content (AvgIpc) is 2.77. The number of carbonyl (C=O) groups is 2. The predicted molar refractivity (Wildman–Crippen MR) is 115 cm³/mol. The molecular weight excluding hydrogens is 380 g/mol. The quantitative estimate of drug-likeness (QED) is 0.734. The maximum atomic E-state index is 13.0. The Morgan fingerprint density at radius 3 is 2.37 bits per heavy atom. The van der Waals surface area contributed by atoms with Gasteiger partial charge in [0.2, 0.25) is 5.43 Å². The van der Waals surface area contributed by atoms with E-state index in [0.29, 0.717) is 6.54 Å². The highest BCUT2D eigenvalue weighted by Gasteiger charge is 2.23. The van der Waals surface area contributed by atoms with E-state index in [9.17, 15) is 14.4 Å². The fourth-order valence-corrected chi connectivity index (χ4v) is 3.68. The number of pyridine rings is 2. The molecule has 0 saturated heterocycles. The van der Waals surface area contributed by atoms with Gasteiger partial charge >= 0.3 is 0 Å². The molecule has 2 aromatic rings. The molecule has 0 bridgehead atoms. The second kappa shape index (κ2) is 10.2. The third-order valence-electron chi connectivity index (χ3n) is 5.38. The van der Waals surface area contributed by atoms with Gasteiger partial charge in [-0.15, -0.1) is 0 Å². The van der Waals surface area contributed by atoms with Crippen LogP contribution in [0, 0.1) is 5.92 Å². The fraction of sp³-hybridized carbons (Fsp3) is 0.478. The van der Waals surface area contributed by atoms with Crippen LogP contribution in [-0.4, -0.2) is 27.9 Å². The summed E-state index contributed by atoms with van der Waals surface area (Å²) < 4.78 is 1.89. The van der Waals surface area contributed by atoms with Crippen molar-refractivity contribution in [2.75, 3.05) is 6.54 Å². The van der Waals surface area contributed by atoms with E-state index >= 15 is 0 Å². The highest BCUT2D eigenvalue weighted by Crippen LogP contribution is 2.28. The molecule has 2 aromatic heterocycles. The van der Waals surface area contributed by atoms with Crippen LogP contribution in [0.5, 0.6) is 0 Å². The Hall–Kier alpha value is -2.96. The van der Waals surface area contributed by atoms with E-state index in [1.165, 1.54) is 6.42 Å². The molecule has 0 spiro atoms. The van der Waals surface area contributed by atoms with Gasteiger partial charge < -0.3 is 15.2 Å². The lowest BCUT2D eigenvalue weighted by Crippen LogP contribution is -2.36. The third kappa shape index (κ3) is 5.55. The molecule has 1 aliphatic carbocycles. The number of hydrogen-bond donors (Lipinski definition) is 2. The van der Waals surface area contributed by atoms with E-state index in [0.717, 1.165) is 31.2 Å². The lowest BCUT2D eigenvalue weighted by Gasteiger charge is -2.25. The number of hydrogen-bond acceptors (Lipinski definition) is 4. The molecule has 30 heavy (non-hydrogen) atoms. The number of aromatic nitrogens is 2. The van der Waals surface area contributed by atoms with Gasteiger partial charge in [-0.05, 0) is 30.4 Å². The summed E-state index contributed by atoms with van der Waals surface area (Å²) in [5, 5.41) is 5.58. The maximum absolute atomic E-state index is 13.0. The van der Waals surface area contributed by atoms with Gasteiger partial charge in [-0.2, -0.15) is 0 Å². The Bertz CT molecular complexity index is 931. The van der Waals surface area contributed by atoms with Gasteiger partial charge in [0, 0.05) is 43.9 Å². The summed E-state index contributed by atoms with van der Waals surface area (Å²) in [6.45, 7) is 4.71. The van der Waals surface area contributed by atoms with Gasteiger partial charge in [0.15, 0.2) is 0 Å². The summed E-state index contributed by atoms with van der Waals surface area (Å²) in [6.07, 6.45) is 11.9. The van der Waals surface area contributed by atoms with E-state index in [1.807, 2.05) is 24.5 Å². The SMILES string of the molecule is CC(C)CNC(=O)c1cn(C2CCCCC2)cc(C(=O)NCc2cccnc2)c1=O. The molecule has 1 saturated carbocycles. The van der Waals surface area contributed by atoms with Crippen molar-refractivity contribution in [3.8, 4) is 0 Å². The molecule has 2 N–H and O–H groups in total. The second-order valence-corrected chi connectivity index (χ2v) is 8.30. The standard InChI is InChI=1S/C23H30N4O3/c1-16(2)11-25-22(29)19-14-27(18-8-4-3-5-9-18)15-20(21(19)28)23(30)26-13-17-7-6-10-24-12-17/h6-7,10,12,14-16,18H,3-5,8-9,11,13H2,1-2H3,(H,25,29)(H,26,30). The van der Waals surface area contributed by atoms with Crippen molar-refractivity contribution in [2.24, 2.45) is 5.92 Å². The zero-order valence-corrected chi connectivity index (χ0v) is 17.7. The summed E-state index contributed by atoms with van der Waals surface area (Å²) in [7, 11) is 0. The Labute approximate surface area is 176 Å². The van der Waals surface area contributed by atoms with Crippen molar-refractivity contribution >= 4 is 11.8 Å². The first-order valence-electron chi connectivity index (χ1n) is 10.7. The minimum absolute atomic E-state index is 0.00154. The molecule has 160 valence electrons. The van der Waals surface area contributed by atoms with Crippen LogP contribution in [0.25, 0.3) is 0 Å². The van der Waals surface area contributed by atoms with Crippen LogP contribution in [0.3, 0.4) is 0 Å². The summed E-state index contributed by atoms with van der Waals surface area (Å²) in [4.78, 5) is 42.6. The van der Waals surface area contributed by atoms with Crippen LogP contribution in [0.1, 0.15) is 78.3 Å². The van der Waals surface area contributed by atoms with E-state index in [2.05, 4.69) is 15.6 Å². The van der Waals surface area contributed by atoms with Gasteiger partial charge in [0.1, 0.15) is 11.1 Å². The minimum Gasteiger partial charge on any atom is -0.352 e. The molecule has 2 amide bonds. The molecule has 1 aliphatic rings. The molecule has 3 rings (SSSR count). The van der Waals surface area contributed by atoms with Crippen molar-refractivity contribution in [3.63, 3.8) is 0 Å². The molecule has 7 heteroatoms. The van der Waals surface area contributed by atoms with Gasteiger partial charge in [-0.1, -0.05) is 39.2 Å². The third-order valence-corrected chi connectivity index (χ3v) is 5.38. The highest BCUT2D eigenvalue weighted by molar-refractivity contribution is 5.99. The van der Waals surface area contributed by atoms with Gasteiger partial charge in [-0.3, -0.25) is 19.4 Å². The first kappa shape index (κ1) is 21.7. The van der Waals surface area contributed by atoms with Gasteiger partial charge in [0.25, 0.3) is 11.8 Å². The molecule has 0 radical (unpaired) electrons. The Balaban J connectivity index is 1.89. The van der Waals surface area contributed by atoms with Crippen LogP contribution in [-0.2, 0) is 6.54 Å². The predicted octanol–water partition coefficient (Wildman–Crippen LogP) is 3.06. The molecule has 0 aromatic carbocycles. The van der Waals surface area contributed by atoms with Crippen LogP contribution >= 0.6 is 0 Å². The van der Waals surface area contributed by atoms with E-state index in [4.69, 9.17) is 0 Å². The van der Waals surface area contributed by atoms with Crippen molar-refractivity contribution < 1.29 is 9.59 Å². The van der Waals surface area contributed by atoms with E-state index in [1.54, 1.807) is 30.9 Å². The Kier molecular flexibility index (Phi) is 7.38. The van der Waals surface area contributed by atoms with Crippen molar-refractivity contribution in [1.82, 2.24) is 20.2 Å². The number of amides is 2. The molecule has 0 unspecified atom stereocenters. The van der Waals surface area contributed by atoms with Crippen molar-refractivity contribution in [1.29, 1.82) is 0 Å². The maximum Gasteiger partial charge on any atom is 0.257 e. The largest absolute Gasteiger partial charge is 0.352 e. The number of nitrogens with one attached hydrogen (secondary N) is 2. The lowest BCUT2D eigenvalue weighted by molar-refractivity contribution is 0.0945. The van der Waals surface area contributed by atoms with Crippen LogP contribution in [0.15, 0.2) is 41.7 Å². The van der Waals surface area contributed by atoms with Gasteiger partial charge in [0.05, 0.1) is 0 Å². The number of rotatable bonds is 7. The van der Waals surface area contributed by atoms with Crippen molar-refractivity contribution in [3.05, 3.63) is 63.8 Å². The van der Waals surface area contributed by atoms with Crippen LogP contribution in [0.4, 0.5) is 0 Å². The van der Waals surface area contributed by atoms with Crippen LogP contribution < -0.4 is 16.1 Å². The Morgan fingerprint density at radius 2 is 1.77 bits per heavy atom. The Morgan fingerprint density at radius 1 is 1.10 bits per heavy atom. The molecule has 0 aliphatic heterocycles. The normalized spacial score (nSPS) is 14.5. The minimum atomic E-state index is -0.535. The van der Waals surface area contributed by atoms with Gasteiger partial charge in [-0.25, -0.2) is 0 Å². The smallest absolute Gasteiger partial charge is 0.257 e. The first-order valence-corrected chi connectivity index (χ1v) is 10.7. The molecular formula is C23H30N4O3. The van der Waals surface area contributed by atoms with Crippen LogP contribution in [0.2, 0.25) is 0 Å². The number of nitrogens with zero attached hydrogens (tertiary/aromatic N) is 2. The average molecular weight is 411 g/mol. The molecule has 7 nitrogen and oxygen atoms in total. The lowest BCUT2D eigenvalue weighted by atomic mass is 9.95. The molecule has 1 fully saturated rings. The number of carbonyl (C=O) groups excluding carboxylic acids is 2.